The van der Waals surface area contributed by atoms with Crippen molar-refractivity contribution in [2.24, 2.45) is 0 Å². The maximum Gasteiger partial charge on any atom is 0.416 e. The van der Waals surface area contributed by atoms with Crippen molar-refractivity contribution in [3.05, 3.63) is 83.2 Å². The number of oxazole rings is 1. The van der Waals surface area contributed by atoms with E-state index in [0.29, 0.717) is 35.8 Å². The maximum absolute atomic E-state index is 12.8. The molecule has 1 N–H and O–H groups in total. The van der Waals surface area contributed by atoms with E-state index in [-0.39, 0.29) is 12.3 Å². The van der Waals surface area contributed by atoms with Gasteiger partial charge in [-0.05, 0) is 48.2 Å². The number of carbonyl (C=O) groups is 1. The lowest BCUT2D eigenvalue weighted by atomic mass is 9.99. The highest BCUT2D eigenvalue weighted by molar-refractivity contribution is 5.91. The predicted octanol–water partition coefficient (Wildman–Crippen LogP) is 6.09. The molecule has 6 nitrogen and oxygen atoms in total. The number of aliphatic carboxylic acids is 1. The number of methoxy groups -OCH3 is 1. The van der Waals surface area contributed by atoms with Crippen LogP contribution >= 0.6 is 0 Å². The summed E-state index contributed by atoms with van der Waals surface area (Å²) in [4.78, 5) is 15.8. The predicted molar refractivity (Wildman–Crippen MR) is 127 cm³/mol. The Morgan fingerprint density at radius 3 is 2.39 bits per heavy atom. The van der Waals surface area contributed by atoms with Crippen LogP contribution in [0, 0.1) is 6.92 Å². The van der Waals surface area contributed by atoms with E-state index in [0.717, 1.165) is 28.5 Å². The van der Waals surface area contributed by atoms with Gasteiger partial charge >= 0.3 is 12.1 Å². The molecule has 0 bridgehead atoms. The number of hydrogen-bond donors (Lipinski definition) is 1. The van der Waals surface area contributed by atoms with Gasteiger partial charge < -0.3 is 19.0 Å². The molecule has 0 saturated heterocycles. The molecule has 0 fully saturated rings. The van der Waals surface area contributed by atoms with E-state index in [2.05, 4.69) is 4.98 Å². The number of carboxylic acids is 1. The minimum atomic E-state index is -4.41. The lowest BCUT2D eigenvalue weighted by Gasteiger charge is -2.15. The second kappa shape index (κ2) is 10.4. The Balaban J connectivity index is 1.47. The highest BCUT2D eigenvalue weighted by Gasteiger charge is 2.30. The van der Waals surface area contributed by atoms with Crippen LogP contribution < -0.4 is 4.74 Å². The van der Waals surface area contributed by atoms with Gasteiger partial charge in [0.1, 0.15) is 11.5 Å². The molecule has 0 amide bonds. The van der Waals surface area contributed by atoms with Crippen molar-refractivity contribution in [3.8, 4) is 17.2 Å². The largest absolute Gasteiger partial charge is 0.493 e. The van der Waals surface area contributed by atoms with Crippen LogP contribution in [0.25, 0.3) is 22.2 Å². The summed E-state index contributed by atoms with van der Waals surface area (Å²) in [5, 5.41) is 11.0. The topological polar surface area (TPSA) is 81.8 Å². The van der Waals surface area contributed by atoms with Crippen LogP contribution in [0.2, 0.25) is 0 Å². The molecule has 0 saturated carbocycles. The van der Waals surface area contributed by atoms with Crippen LogP contribution in [-0.2, 0) is 28.5 Å². The number of fused-ring (bicyclic) bond motifs is 1. The van der Waals surface area contributed by atoms with Gasteiger partial charge in [-0.2, -0.15) is 13.2 Å². The van der Waals surface area contributed by atoms with Crippen LogP contribution in [0.5, 0.6) is 5.75 Å². The van der Waals surface area contributed by atoms with Crippen LogP contribution in [-0.4, -0.2) is 35.9 Å². The first-order chi connectivity index (χ1) is 17.2. The molecule has 0 radical (unpaired) electrons. The fourth-order valence-corrected chi connectivity index (χ4v) is 3.95. The molecule has 1 atom stereocenters. The van der Waals surface area contributed by atoms with Crippen molar-refractivity contribution in [2.75, 3.05) is 13.7 Å². The van der Waals surface area contributed by atoms with Crippen molar-refractivity contribution >= 4 is 16.7 Å². The third-order valence-electron chi connectivity index (χ3n) is 5.89. The fourth-order valence-electron chi connectivity index (χ4n) is 3.95. The first kappa shape index (κ1) is 25.2. The van der Waals surface area contributed by atoms with Crippen molar-refractivity contribution in [1.82, 2.24) is 4.98 Å². The Kier molecular flexibility index (Phi) is 7.30. The Hall–Kier alpha value is -3.85. The molecule has 3 aromatic carbocycles. The van der Waals surface area contributed by atoms with Gasteiger partial charge in [0.2, 0.25) is 5.89 Å². The molecule has 0 aliphatic rings. The third-order valence-corrected chi connectivity index (χ3v) is 5.89. The SMILES string of the molecule is CO[C@@H](Cc1ccc(OCCc2nc(-c3ccc(C(F)(F)F)cc3)oc2C)c2ccccc12)C(=O)O. The van der Waals surface area contributed by atoms with Crippen LogP contribution in [0.1, 0.15) is 22.6 Å². The molecular formula is C27H24F3NO5. The van der Waals surface area contributed by atoms with E-state index >= 15 is 0 Å². The van der Waals surface area contributed by atoms with Crippen LogP contribution in [0.3, 0.4) is 0 Å². The Bertz CT molecular complexity index is 1360. The summed E-state index contributed by atoms with van der Waals surface area (Å²) < 4.78 is 55.2. The van der Waals surface area contributed by atoms with Crippen molar-refractivity contribution in [2.45, 2.75) is 32.0 Å². The molecule has 188 valence electrons. The molecule has 36 heavy (non-hydrogen) atoms. The molecule has 4 aromatic rings. The van der Waals surface area contributed by atoms with E-state index in [9.17, 15) is 23.1 Å². The first-order valence-corrected chi connectivity index (χ1v) is 11.2. The van der Waals surface area contributed by atoms with Crippen molar-refractivity contribution in [3.63, 3.8) is 0 Å². The highest BCUT2D eigenvalue weighted by atomic mass is 19.4. The Morgan fingerprint density at radius 2 is 1.75 bits per heavy atom. The van der Waals surface area contributed by atoms with Gasteiger partial charge in [0.25, 0.3) is 0 Å². The van der Waals surface area contributed by atoms with Gasteiger partial charge in [0.15, 0.2) is 6.10 Å². The standard InChI is InChI=1S/C27H24F3NO5/c1-16-22(31-25(36-16)17-7-10-19(11-8-17)27(28,29)30)13-14-35-23-12-9-18(15-24(34-2)26(32)33)20-5-3-4-6-21(20)23/h3-12,24H,13-15H2,1-2H3,(H,32,33)/t24-/m0/s1. The van der Waals surface area contributed by atoms with Gasteiger partial charge in [-0.15, -0.1) is 0 Å². The number of halogens is 3. The Morgan fingerprint density at radius 1 is 1.06 bits per heavy atom. The van der Waals surface area contributed by atoms with E-state index in [1.54, 1.807) is 13.0 Å². The monoisotopic (exact) mass is 499 g/mol. The zero-order chi connectivity index (χ0) is 25.9. The number of hydrogen-bond acceptors (Lipinski definition) is 5. The van der Waals surface area contributed by atoms with E-state index in [4.69, 9.17) is 13.9 Å². The number of benzene rings is 3. The number of alkyl halides is 3. The molecule has 4 rings (SSSR count). The van der Waals surface area contributed by atoms with Gasteiger partial charge in [0.05, 0.1) is 17.9 Å². The normalized spacial score (nSPS) is 12.6. The molecule has 0 aliphatic heterocycles. The number of carboxylic acid groups (broad SMARTS) is 1. The fraction of sp³-hybridized carbons (Fsp3) is 0.259. The summed E-state index contributed by atoms with van der Waals surface area (Å²) in [6.07, 6.45) is -4.71. The summed E-state index contributed by atoms with van der Waals surface area (Å²) in [5.41, 5.74) is 1.20. The van der Waals surface area contributed by atoms with Crippen molar-refractivity contribution in [1.29, 1.82) is 0 Å². The van der Waals surface area contributed by atoms with Gasteiger partial charge in [0, 0.05) is 30.9 Å². The average Bonchev–Trinajstić information content (AvgIpc) is 3.23. The number of aryl methyl sites for hydroxylation is 1. The summed E-state index contributed by atoms with van der Waals surface area (Å²) >= 11 is 0. The Labute approximate surface area is 205 Å². The van der Waals surface area contributed by atoms with E-state index in [1.165, 1.54) is 19.2 Å². The molecule has 9 heteroatoms. The molecule has 1 heterocycles. The van der Waals surface area contributed by atoms with E-state index < -0.39 is 23.8 Å². The maximum atomic E-state index is 12.8. The smallest absolute Gasteiger partial charge is 0.416 e. The number of rotatable bonds is 9. The second-order valence-corrected chi connectivity index (χ2v) is 8.23. The second-order valence-electron chi connectivity index (χ2n) is 8.23. The van der Waals surface area contributed by atoms with Crippen molar-refractivity contribution < 1.29 is 37.0 Å². The summed E-state index contributed by atoms with van der Waals surface area (Å²) in [6, 6.07) is 15.9. The minimum Gasteiger partial charge on any atom is -0.493 e. The zero-order valence-corrected chi connectivity index (χ0v) is 19.6. The molecule has 0 spiro atoms. The lowest BCUT2D eigenvalue weighted by Crippen LogP contribution is -2.24. The molecular weight excluding hydrogens is 475 g/mol. The average molecular weight is 499 g/mol. The van der Waals surface area contributed by atoms with E-state index in [1.807, 2.05) is 30.3 Å². The lowest BCUT2D eigenvalue weighted by molar-refractivity contribution is -0.148. The first-order valence-electron chi connectivity index (χ1n) is 11.2. The number of aromatic nitrogens is 1. The van der Waals surface area contributed by atoms with Gasteiger partial charge in [-0.25, -0.2) is 9.78 Å². The van der Waals surface area contributed by atoms with Crippen LogP contribution in [0.15, 0.2) is 65.1 Å². The number of nitrogens with zero attached hydrogens (tertiary/aromatic N) is 1. The van der Waals surface area contributed by atoms with Gasteiger partial charge in [-0.1, -0.05) is 30.3 Å². The van der Waals surface area contributed by atoms with Crippen LogP contribution in [0.4, 0.5) is 13.2 Å². The summed E-state index contributed by atoms with van der Waals surface area (Å²) in [5.74, 6) is 0.424. The third kappa shape index (κ3) is 5.52. The number of ether oxygens (including phenoxy) is 2. The minimum absolute atomic E-state index is 0.220. The van der Waals surface area contributed by atoms with Gasteiger partial charge in [-0.3, -0.25) is 0 Å². The zero-order valence-electron chi connectivity index (χ0n) is 19.6. The highest BCUT2D eigenvalue weighted by Crippen LogP contribution is 2.32. The molecule has 1 aromatic heterocycles. The molecule has 0 unspecified atom stereocenters. The quantitative estimate of drug-likeness (QED) is 0.300. The summed E-state index contributed by atoms with van der Waals surface area (Å²) in [6.45, 7) is 2.04. The molecule has 0 aliphatic carbocycles. The summed E-state index contributed by atoms with van der Waals surface area (Å²) in [7, 11) is 1.37.